The van der Waals surface area contributed by atoms with E-state index in [1.165, 1.54) is 11.3 Å². The van der Waals surface area contributed by atoms with E-state index in [1.807, 2.05) is 36.7 Å². The standard InChI is InChI=1S/C17H16ClN4S/c1-12-9-16(13-3-5-14(18)6-4-13)20-21-17(12)22(2)8-7-15-10-23-11-19-15/h3-6,9-10H,7-8H2,1-2H3. The summed E-state index contributed by atoms with van der Waals surface area (Å²) in [5, 5.41) is 11.5. The van der Waals surface area contributed by atoms with E-state index in [1.54, 1.807) is 0 Å². The molecule has 0 N–H and O–H groups in total. The second-order valence-electron chi connectivity index (χ2n) is 5.34. The van der Waals surface area contributed by atoms with E-state index in [-0.39, 0.29) is 0 Å². The molecule has 117 valence electrons. The third kappa shape index (κ3) is 3.86. The number of aromatic nitrogens is 3. The number of hydrogen-bond acceptors (Lipinski definition) is 5. The molecule has 0 fully saturated rings. The zero-order valence-corrected chi connectivity index (χ0v) is 14.5. The van der Waals surface area contributed by atoms with E-state index in [0.29, 0.717) is 5.02 Å². The summed E-state index contributed by atoms with van der Waals surface area (Å²) in [4.78, 5) is 6.29. The second-order valence-corrected chi connectivity index (χ2v) is 6.44. The zero-order chi connectivity index (χ0) is 16.2. The summed E-state index contributed by atoms with van der Waals surface area (Å²) in [5.74, 6) is 0.891. The van der Waals surface area contributed by atoms with E-state index in [0.717, 1.165) is 41.3 Å². The van der Waals surface area contributed by atoms with Crippen molar-refractivity contribution in [2.75, 3.05) is 18.5 Å². The molecule has 0 aliphatic rings. The zero-order valence-electron chi connectivity index (χ0n) is 13.0. The summed E-state index contributed by atoms with van der Waals surface area (Å²) in [6.45, 7) is 2.89. The number of aryl methyl sites for hydroxylation is 1. The van der Waals surface area contributed by atoms with E-state index < -0.39 is 0 Å². The first-order valence-corrected chi connectivity index (χ1v) is 8.51. The molecule has 0 bridgehead atoms. The molecule has 0 atom stereocenters. The van der Waals surface area contributed by atoms with Crippen molar-refractivity contribution < 1.29 is 0 Å². The van der Waals surface area contributed by atoms with Crippen molar-refractivity contribution in [1.29, 1.82) is 0 Å². The van der Waals surface area contributed by atoms with Gasteiger partial charge in [-0.1, -0.05) is 23.7 Å². The van der Waals surface area contributed by atoms with Crippen LogP contribution < -0.4 is 4.90 Å². The van der Waals surface area contributed by atoms with Gasteiger partial charge in [0.1, 0.15) is 0 Å². The molecular weight excluding hydrogens is 328 g/mol. The lowest BCUT2D eigenvalue weighted by Crippen LogP contribution is -2.23. The molecule has 0 amide bonds. The summed E-state index contributed by atoms with van der Waals surface area (Å²) in [7, 11) is 2.02. The molecule has 0 aliphatic carbocycles. The average molecular weight is 344 g/mol. The maximum absolute atomic E-state index is 5.92. The highest BCUT2D eigenvalue weighted by Gasteiger charge is 2.10. The molecule has 3 aromatic rings. The summed E-state index contributed by atoms with van der Waals surface area (Å²) < 4.78 is 0. The van der Waals surface area contributed by atoms with Crippen molar-refractivity contribution in [1.82, 2.24) is 15.2 Å². The fourth-order valence-electron chi connectivity index (χ4n) is 2.33. The van der Waals surface area contributed by atoms with E-state index >= 15 is 0 Å². The lowest BCUT2D eigenvalue weighted by atomic mass is 10.1. The Bertz CT molecular complexity index is 772. The molecule has 0 unspecified atom stereocenters. The number of hydrogen-bond donors (Lipinski definition) is 0. The Labute approximate surface area is 144 Å². The number of halogens is 1. The molecule has 2 aromatic heterocycles. The lowest BCUT2D eigenvalue weighted by Gasteiger charge is -2.19. The van der Waals surface area contributed by atoms with Gasteiger partial charge in [0.15, 0.2) is 11.3 Å². The highest BCUT2D eigenvalue weighted by Crippen LogP contribution is 2.23. The molecule has 1 aromatic carbocycles. The SMILES string of the molecule is Cc1cc(-c2ccc(Cl)cc2)nnc1N(C)CCc1cs[c]n1. The Kier molecular flexibility index (Phi) is 4.88. The molecule has 0 aliphatic heterocycles. The van der Waals surface area contributed by atoms with Crippen LogP contribution in [-0.4, -0.2) is 28.8 Å². The molecule has 4 nitrogen and oxygen atoms in total. The minimum absolute atomic E-state index is 0.717. The van der Waals surface area contributed by atoms with Crippen LogP contribution in [0.1, 0.15) is 11.3 Å². The average Bonchev–Trinajstić information content (AvgIpc) is 3.06. The minimum atomic E-state index is 0.717. The summed E-state index contributed by atoms with van der Waals surface area (Å²) in [5.41, 5.74) is 6.89. The molecular formula is C17H16ClN4S. The van der Waals surface area contributed by atoms with Gasteiger partial charge in [-0.3, -0.25) is 0 Å². The molecule has 3 rings (SSSR count). The van der Waals surface area contributed by atoms with Gasteiger partial charge in [-0.2, -0.15) is 0 Å². The van der Waals surface area contributed by atoms with Gasteiger partial charge >= 0.3 is 0 Å². The van der Waals surface area contributed by atoms with Crippen molar-refractivity contribution in [3.05, 3.63) is 57.5 Å². The maximum atomic E-state index is 5.92. The number of nitrogens with zero attached hydrogens (tertiary/aromatic N) is 4. The van der Waals surface area contributed by atoms with Crippen molar-refractivity contribution in [3.63, 3.8) is 0 Å². The van der Waals surface area contributed by atoms with Crippen LogP contribution in [0.5, 0.6) is 0 Å². The van der Waals surface area contributed by atoms with Gasteiger partial charge < -0.3 is 4.90 Å². The van der Waals surface area contributed by atoms with Gasteiger partial charge in [0.2, 0.25) is 0 Å². The number of likely N-dealkylation sites (N-methyl/N-ethyl adjacent to an activating group) is 1. The fourth-order valence-corrected chi connectivity index (χ4v) is 2.98. The van der Waals surface area contributed by atoms with Crippen LogP contribution in [0.15, 0.2) is 35.7 Å². The predicted octanol–water partition coefficient (Wildman–Crippen LogP) is 4.04. The van der Waals surface area contributed by atoms with Crippen LogP contribution in [0.25, 0.3) is 11.3 Å². The Hall–Kier alpha value is -1.98. The van der Waals surface area contributed by atoms with Crippen LogP contribution in [0.3, 0.4) is 0 Å². The smallest absolute Gasteiger partial charge is 0.153 e. The third-order valence-electron chi connectivity index (χ3n) is 3.60. The summed E-state index contributed by atoms with van der Waals surface area (Å²) in [6.07, 6.45) is 0.872. The van der Waals surface area contributed by atoms with Crippen molar-refractivity contribution >= 4 is 28.8 Å². The molecule has 1 radical (unpaired) electrons. The van der Waals surface area contributed by atoms with E-state index in [2.05, 4.69) is 38.6 Å². The number of benzene rings is 1. The van der Waals surface area contributed by atoms with Crippen LogP contribution in [-0.2, 0) is 6.42 Å². The van der Waals surface area contributed by atoms with Crippen LogP contribution >= 0.6 is 22.9 Å². The van der Waals surface area contributed by atoms with E-state index in [9.17, 15) is 0 Å². The maximum Gasteiger partial charge on any atom is 0.153 e. The Morgan fingerprint density at radius 2 is 2.00 bits per heavy atom. The van der Waals surface area contributed by atoms with Crippen molar-refractivity contribution in [2.45, 2.75) is 13.3 Å². The number of anilines is 1. The Morgan fingerprint density at radius 3 is 2.65 bits per heavy atom. The first-order chi connectivity index (χ1) is 11.1. The minimum Gasteiger partial charge on any atom is -0.358 e. The number of rotatable bonds is 5. The van der Waals surface area contributed by atoms with Crippen LogP contribution in [0, 0.1) is 12.4 Å². The fraction of sp³-hybridized carbons (Fsp3) is 0.235. The van der Waals surface area contributed by atoms with E-state index in [4.69, 9.17) is 11.6 Å². The van der Waals surface area contributed by atoms with Crippen LogP contribution in [0.2, 0.25) is 5.02 Å². The molecule has 0 saturated carbocycles. The quantitative estimate of drug-likeness (QED) is 0.701. The first kappa shape index (κ1) is 15.9. The third-order valence-corrected chi connectivity index (χ3v) is 4.44. The molecule has 0 saturated heterocycles. The van der Waals surface area contributed by atoms with Crippen LogP contribution in [0.4, 0.5) is 5.82 Å². The molecule has 6 heteroatoms. The molecule has 0 spiro atoms. The summed E-state index contributed by atoms with van der Waals surface area (Å²) in [6, 6.07) is 9.68. The molecule has 23 heavy (non-hydrogen) atoms. The highest BCUT2D eigenvalue weighted by atomic mass is 35.5. The van der Waals surface area contributed by atoms with Gasteiger partial charge in [0.05, 0.1) is 11.4 Å². The Balaban J connectivity index is 1.74. The topological polar surface area (TPSA) is 41.9 Å². The monoisotopic (exact) mass is 343 g/mol. The van der Waals surface area contributed by atoms with Gasteiger partial charge in [0.25, 0.3) is 0 Å². The predicted molar refractivity (Wildman–Crippen MR) is 95.1 cm³/mol. The number of thiazole rings is 1. The summed E-state index contributed by atoms with van der Waals surface area (Å²) >= 11 is 7.42. The highest BCUT2D eigenvalue weighted by molar-refractivity contribution is 7.07. The van der Waals surface area contributed by atoms with Crippen molar-refractivity contribution in [3.8, 4) is 11.3 Å². The van der Waals surface area contributed by atoms with Crippen molar-refractivity contribution in [2.24, 2.45) is 0 Å². The largest absolute Gasteiger partial charge is 0.358 e. The molecule has 2 heterocycles. The van der Waals surface area contributed by atoms with Gasteiger partial charge in [-0.15, -0.1) is 21.5 Å². The normalized spacial score (nSPS) is 10.7. The Morgan fingerprint density at radius 1 is 1.22 bits per heavy atom. The van der Waals surface area contributed by atoms with Gasteiger partial charge in [-0.05, 0) is 30.7 Å². The first-order valence-electron chi connectivity index (χ1n) is 7.25. The van der Waals surface area contributed by atoms with Gasteiger partial charge in [0, 0.05) is 36.0 Å². The lowest BCUT2D eigenvalue weighted by molar-refractivity contribution is 0.823. The second kappa shape index (κ2) is 7.06. The van der Waals surface area contributed by atoms with Gasteiger partial charge in [-0.25, -0.2) is 4.98 Å².